The largest absolute Gasteiger partial charge is 0.383 e. The molecule has 0 aromatic carbocycles. The number of hydrogen-bond donors (Lipinski definition) is 2. The molecule has 0 radical (unpaired) electrons. The van der Waals surface area contributed by atoms with Gasteiger partial charge in [-0.2, -0.15) is 14.9 Å². The SMILES string of the molecule is CC.COCCN(C)/C=C\C=C(/C=O)CCNc1nc2c(C)c(C)nn2c(N)c1C#N. The van der Waals surface area contributed by atoms with Gasteiger partial charge in [-0.25, -0.2) is 4.98 Å². The summed E-state index contributed by atoms with van der Waals surface area (Å²) in [6, 6.07) is 2.08. The van der Waals surface area contributed by atoms with Crippen LogP contribution in [0.4, 0.5) is 11.6 Å². The van der Waals surface area contributed by atoms with Crippen molar-refractivity contribution in [2.45, 2.75) is 34.1 Å². The second-order valence-electron chi connectivity index (χ2n) is 6.63. The van der Waals surface area contributed by atoms with Crippen molar-refractivity contribution in [1.29, 1.82) is 5.26 Å². The first-order chi connectivity index (χ1) is 14.9. The lowest BCUT2D eigenvalue weighted by atomic mass is 10.2. The number of carbonyl (C=O) groups is 1. The van der Waals surface area contributed by atoms with Crippen molar-refractivity contribution < 1.29 is 9.53 Å². The normalized spacial score (nSPS) is 11.2. The fourth-order valence-corrected chi connectivity index (χ4v) is 2.65. The van der Waals surface area contributed by atoms with Gasteiger partial charge in [-0.3, -0.25) is 4.79 Å². The Hall–Kier alpha value is -3.38. The van der Waals surface area contributed by atoms with E-state index in [1.165, 1.54) is 4.52 Å². The third-order valence-electron chi connectivity index (χ3n) is 4.54. The summed E-state index contributed by atoms with van der Waals surface area (Å²) in [6.07, 6.45) is 6.76. The highest BCUT2D eigenvalue weighted by Gasteiger charge is 2.16. The number of fused-ring (bicyclic) bond motifs is 1. The minimum Gasteiger partial charge on any atom is -0.383 e. The van der Waals surface area contributed by atoms with Crippen LogP contribution in [0.2, 0.25) is 0 Å². The molecule has 168 valence electrons. The number of likely N-dealkylation sites (N-methyl/N-ethyl adjacent to an activating group) is 1. The van der Waals surface area contributed by atoms with E-state index in [9.17, 15) is 10.1 Å². The highest BCUT2D eigenvalue weighted by Crippen LogP contribution is 2.24. The van der Waals surface area contributed by atoms with Gasteiger partial charge in [-0.05, 0) is 38.1 Å². The molecule has 0 bridgehead atoms. The third-order valence-corrected chi connectivity index (χ3v) is 4.54. The topological polar surface area (TPSA) is 122 Å². The van der Waals surface area contributed by atoms with Gasteiger partial charge < -0.3 is 20.7 Å². The van der Waals surface area contributed by atoms with Gasteiger partial charge in [0.05, 0.1) is 12.3 Å². The van der Waals surface area contributed by atoms with Gasteiger partial charge in [-0.1, -0.05) is 19.9 Å². The number of nitrogens with zero attached hydrogens (tertiary/aromatic N) is 5. The molecule has 0 spiro atoms. The number of hydrogen-bond acceptors (Lipinski definition) is 8. The molecule has 9 nitrogen and oxygen atoms in total. The number of rotatable bonds is 10. The molecule has 2 aromatic rings. The van der Waals surface area contributed by atoms with Crippen LogP contribution < -0.4 is 11.1 Å². The number of nitrogens with one attached hydrogen (secondary N) is 1. The summed E-state index contributed by atoms with van der Waals surface area (Å²) >= 11 is 0. The molecular formula is C22H33N7O2. The number of nitrogens with two attached hydrogens (primary N) is 1. The molecule has 0 aliphatic rings. The zero-order valence-corrected chi connectivity index (χ0v) is 19.3. The lowest BCUT2D eigenvalue weighted by Crippen LogP contribution is -2.16. The maximum absolute atomic E-state index is 11.3. The standard InChI is InChI=1S/C20H27N7O2.C2H6/c1-14-15(2)25-27-18(22)17(12-21)19(24-20(14)27)23-8-7-16(13-28)6-5-9-26(3)10-11-29-4;1-2/h5-6,9,13H,7-8,10-11,22H2,1-4H3,(H,23,24);1-2H3/b9-5-,16-6-;. The van der Waals surface area contributed by atoms with Crippen LogP contribution in [0.5, 0.6) is 0 Å². The predicted octanol–water partition coefficient (Wildman–Crippen LogP) is 2.85. The number of allylic oxidation sites excluding steroid dienone is 2. The van der Waals surface area contributed by atoms with Crippen molar-refractivity contribution in [3.63, 3.8) is 0 Å². The number of aromatic nitrogens is 3. The van der Waals surface area contributed by atoms with Gasteiger partial charge in [0.1, 0.15) is 29.6 Å². The Kier molecular flexibility index (Phi) is 10.8. The smallest absolute Gasteiger partial charge is 0.162 e. The molecule has 0 unspecified atom stereocenters. The first-order valence-corrected chi connectivity index (χ1v) is 10.2. The van der Waals surface area contributed by atoms with Gasteiger partial charge >= 0.3 is 0 Å². The Bertz CT molecular complexity index is 971. The van der Waals surface area contributed by atoms with E-state index in [0.717, 1.165) is 24.1 Å². The molecule has 0 saturated carbocycles. The third kappa shape index (κ3) is 6.83. The van der Waals surface area contributed by atoms with Gasteiger partial charge in [0.25, 0.3) is 0 Å². The van der Waals surface area contributed by atoms with E-state index in [1.54, 1.807) is 13.2 Å². The molecule has 2 heterocycles. The van der Waals surface area contributed by atoms with Crippen molar-refractivity contribution in [3.05, 3.63) is 40.7 Å². The monoisotopic (exact) mass is 427 g/mol. The maximum atomic E-state index is 11.3. The lowest BCUT2D eigenvalue weighted by Gasteiger charge is -2.12. The summed E-state index contributed by atoms with van der Waals surface area (Å²) in [7, 11) is 3.59. The number of methoxy groups -OCH3 is 1. The zero-order chi connectivity index (χ0) is 23.4. The maximum Gasteiger partial charge on any atom is 0.162 e. The second-order valence-corrected chi connectivity index (χ2v) is 6.63. The summed E-state index contributed by atoms with van der Waals surface area (Å²) in [5, 5.41) is 16.9. The Morgan fingerprint density at radius 1 is 1.39 bits per heavy atom. The Morgan fingerprint density at radius 3 is 2.71 bits per heavy atom. The van der Waals surface area contributed by atoms with Gasteiger partial charge in [0.2, 0.25) is 0 Å². The minimum atomic E-state index is 0.233. The van der Waals surface area contributed by atoms with Crippen LogP contribution in [0, 0.1) is 25.2 Å². The van der Waals surface area contributed by atoms with Crippen molar-refractivity contribution in [2.75, 3.05) is 44.9 Å². The molecule has 2 rings (SSSR count). The van der Waals surface area contributed by atoms with Crippen LogP contribution in [0.3, 0.4) is 0 Å². The molecule has 0 aliphatic heterocycles. The lowest BCUT2D eigenvalue weighted by molar-refractivity contribution is -0.105. The van der Waals surface area contributed by atoms with Crippen LogP contribution >= 0.6 is 0 Å². The molecule has 2 aromatic heterocycles. The van der Waals surface area contributed by atoms with Crippen molar-refractivity contribution >= 4 is 23.6 Å². The molecule has 0 aliphatic carbocycles. The van der Waals surface area contributed by atoms with Gasteiger partial charge in [0.15, 0.2) is 5.65 Å². The second kappa shape index (κ2) is 13.0. The van der Waals surface area contributed by atoms with Crippen molar-refractivity contribution in [1.82, 2.24) is 19.5 Å². The van der Waals surface area contributed by atoms with E-state index in [2.05, 4.69) is 21.5 Å². The van der Waals surface area contributed by atoms with Crippen molar-refractivity contribution in [3.8, 4) is 6.07 Å². The summed E-state index contributed by atoms with van der Waals surface area (Å²) in [4.78, 5) is 17.8. The van der Waals surface area contributed by atoms with Gasteiger partial charge in [-0.15, -0.1) is 0 Å². The fraction of sp³-hybridized carbons (Fsp3) is 0.455. The minimum absolute atomic E-state index is 0.233. The number of carbonyl (C=O) groups excluding carboxylic acids is 1. The van der Waals surface area contributed by atoms with Crippen LogP contribution in [0.15, 0.2) is 23.9 Å². The molecular weight excluding hydrogens is 394 g/mol. The highest BCUT2D eigenvalue weighted by atomic mass is 16.5. The Morgan fingerprint density at radius 2 is 2.10 bits per heavy atom. The number of anilines is 2. The zero-order valence-electron chi connectivity index (χ0n) is 19.3. The Balaban J connectivity index is 0.00000233. The predicted molar refractivity (Wildman–Crippen MR) is 124 cm³/mol. The van der Waals surface area contributed by atoms with E-state index in [0.29, 0.717) is 36.6 Å². The fourth-order valence-electron chi connectivity index (χ4n) is 2.65. The molecule has 0 saturated heterocycles. The number of nitrogen functional groups attached to an aromatic ring is 1. The number of aldehydes is 1. The van der Waals surface area contributed by atoms with Gasteiger partial charge in [0, 0.05) is 32.8 Å². The van der Waals surface area contributed by atoms with Crippen LogP contribution in [0.1, 0.15) is 37.1 Å². The number of aryl methyl sites for hydroxylation is 2. The van der Waals surface area contributed by atoms with Crippen LogP contribution in [0.25, 0.3) is 5.65 Å². The number of nitriles is 1. The van der Waals surface area contributed by atoms with Crippen LogP contribution in [-0.4, -0.2) is 59.6 Å². The number of ether oxygens (including phenoxy) is 1. The molecule has 0 atom stereocenters. The highest BCUT2D eigenvalue weighted by molar-refractivity contribution is 5.74. The summed E-state index contributed by atoms with van der Waals surface area (Å²) in [6.45, 7) is 9.60. The molecule has 0 amide bonds. The van der Waals surface area contributed by atoms with Crippen LogP contribution in [-0.2, 0) is 9.53 Å². The quantitative estimate of drug-likeness (QED) is 0.337. The van der Waals surface area contributed by atoms with Crippen molar-refractivity contribution in [2.24, 2.45) is 0 Å². The summed E-state index contributed by atoms with van der Waals surface area (Å²) in [5.74, 6) is 0.630. The molecule has 31 heavy (non-hydrogen) atoms. The molecule has 3 N–H and O–H groups in total. The van der Waals surface area contributed by atoms with E-state index in [1.807, 2.05) is 51.9 Å². The Labute approximate surface area is 184 Å². The first kappa shape index (κ1) is 25.7. The van der Waals surface area contributed by atoms with E-state index < -0.39 is 0 Å². The summed E-state index contributed by atoms with van der Waals surface area (Å²) < 4.78 is 6.50. The van der Waals surface area contributed by atoms with E-state index in [-0.39, 0.29) is 11.4 Å². The molecule has 9 heteroatoms. The van der Waals surface area contributed by atoms with E-state index in [4.69, 9.17) is 10.5 Å². The van der Waals surface area contributed by atoms with E-state index >= 15 is 0 Å². The molecule has 0 fully saturated rings. The first-order valence-electron chi connectivity index (χ1n) is 10.2. The average molecular weight is 428 g/mol. The summed E-state index contributed by atoms with van der Waals surface area (Å²) in [5.41, 5.74) is 9.28. The average Bonchev–Trinajstić information content (AvgIpc) is 3.07.